The van der Waals surface area contributed by atoms with Crippen molar-refractivity contribution in [3.63, 3.8) is 0 Å². The summed E-state index contributed by atoms with van der Waals surface area (Å²) in [6.45, 7) is 0. The summed E-state index contributed by atoms with van der Waals surface area (Å²) in [5.74, 6) is 0.367. The van der Waals surface area contributed by atoms with Crippen molar-refractivity contribution in [2.24, 2.45) is 0 Å². The van der Waals surface area contributed by atoms with E-state index < -0.39 is 10.0 Å². The zero-order valence-electron chi connectivity index (χ0n) is 16.1. The number of phenolic OH excluding ortho intramolecular Hbond substituents is 1. The first-order valence-corrected chi connectivity index (χ1v) is 11.4. The standard InChI is InChI=1S/C23H19NO4S2/c1-28-20-13-7-8-14-22(20)30(26,27)24-19-15-21(29-16-9-3-2-4-10-16)23(25)18-12-6-5-11-17(18)19/h2-15,24-25H,1H3. The summed E-state index contributed by atoms with van der Waals surface area (Å²) in [6, 6.07) is 24.8. The topological polar surface area (TPSA) is 75.6 Å². The van der Waals surface area contributed by atoms with Gasteiger partial charge in [-0.15, -0.1) is 0 Å². The molecule has 0 atom stereocenters. The molecule has 4 aromatic rings. The van der Waals surface area contributed by atoms with E-state index in [0.29, 0.717) is 21.4 Å². The first-order valence-electron chi connectivity index (χ1n) is 9.13. The van der Waals surface area contributed by atoms with Crippen molar-refractivity contribution in [3.05, 3.63) is 84.9 Å². The van der Waals surface area contributed by atoms with Crippen LogP contribution in [0.2, 0.25) is 0 Å². The predicted octanol–water partition coefficient (Wildman–Crippen LogP) is 5.51. The van der Waals surface area contributed by atoms with Gasteiger partial charge in [-0.1, -0.05) is 66.4 Å². The van der Waals surface area contributed by atoms with E-state index >= 15 is 0 Å². The molecule has 0 spiro atoms. The van der Waals surface area contributed by atoms with E-state index in [2.05, 4.69) is 4.72 Å². The zero-order valence-corrected chi connectivity index (χ0v) is 17.7. The van der Waals surface area contributed by atoms with E-state index in [1.54, 1.807) is 48.5 Å². The number of sulfonamides is 1. The van der Waals surface area contributed by atoms with Gasteiger partial charge in [0.25, 0.3) is 10.0 Å². The van der Waals surface area contributed by atoms with Crippen molar-refractivity contribution in [3.8, 4) is 11.5 Å². The molecule has 7 heteroatoms. The van der Waals surface area contributed by atoms with Gasteiger partial charge in [-0.3, -0.25) is 4.72 Å². The maximum absolute atomic E-state index is 13.1. The molecule has 4 rings (SSSR count). The number of nitrogens with one attached hydrogen (secondary N) is 1. The largest absolute Gasteiger partial charge is 0.506 e. The van der Waals surface area contributed by atoms with Crippen molar-refractivity contribution in [1.29, 1.82) is 0 Å². The SMILES string of the molecule is COc1ccccc1S(=O)(=O)Nc1cc(Sc2ccccc2)c(O)c2ccccc12. The van der Waals surface area contributed by atoms with Crippen LogP contribution >= 0.6 is 11.8 Å². The molecule has 5 nitrogen and oxygen atoms in total. The summed E-state index contributed by atoms with van der Waals surface area (Å²) in [5.41, 5.74) is 0.382. The Kier molecular flexibility index (Phi) is 5.57. The van der Waals surface area contributed by atoms with Gasteiger partial charge in [0, 0.05) is 15.7 Å². The van der Waals surface area contributed by atoms with Gasteiger partial charge in [0.05, 0.1) is 17.7 Å². The van der Waals surface area contributed by atoms with Crippen LogP contribution in [0.5, 0.6) is 11.5 Å². The Labute approximate surface area is 179 Å². The third-order valence-electron chi connectivity index (χ3n) is 4.56. The number of methoxy groups -OCH3 is 1. The Morgan fingerprint density at radius 1 is 0.867 bits per heavy atom. The first kappa shape index (κ1) is 20.1. The predicted molar refractivity (Wildman–Crippen MR) is 120 cm³/mol. The molecule has 0 fully saturated rings. The van der Waals surface area contributed by atoms with Crippen LogP contribution < -0.4 is 9.46 Å². The zero-order chi connectivity index (χ0) is 21.1. The number of ether oxygens (including phenoxy) is 1. The average molecular weight is 438 g/mol. The molecule has 0 saturated heterocycles. The van der Waals surface area contributed by atoms with Crippen LogP contribution in [-0.4, -0.2) is 20.6 Å². The maximum atomic E-state index is 13.1. The van der Waals surface area contributed by atoms with Crippen LogP contribution in [0.1, 0.15) is 0 Å². The van der Waals surface area contributed by atoms with Gasteiger partial charge in [-0.25, -0.2) is 8.42 Å². The lowest BCUT2D eigenvalue weighted by molar-refractivity contribution is 0.403. The third-order valence-corrected chi connectivity index (χ3v) is 7.00. The molecule has 0 saturated carbocycles. The first-order chi connectivity index (χ1) is 14.5. The van der Waals surface area contributed by atoms with Gasteiger partial charge in [0.15, 0.2) is 0 Å². The summed E-state index contributed by atoms with van der Waals surface area (Å²) in [5, 5.41) is 12.0. The third kappa shape index (κ3) is 3.94. The second kappa shape index (κ2) is 8.30. The normalized spacial score (nSPS) is 11.4. The van der Waals surface area contributed by atoms with Crippen molar-refractivity contribution < 1.29 is 18.3 Å². The molecule has 2 N–H and O–H groups in total. The molecule has 0 amide bonds. The Morgan fingerprint density at radius 3 is 2.23 bits per heavy atom. The van der Waals surface area contributed by atoms with E-state index in [4.69, 9.17) is 4.74 Å². The molecule has 0 aliphatic carbocycles. The summed E-state index contributed by atoms with van der Waals surface area (Å²) >= 11 is 1.36. The number of benzene rings is 4. The van der Waals surface area contributed by atoms with Crippen LogP contribution in [-0.2, 0) is 10.0 Å². The molecule has 4 aromatic carbocycles. The van der Waals surface area contributed by atoms with E-state index in [1.165, 1.54) is 24.9 Å². The summed E-state index contributed by atoms with van der Waals surface area (Å²) in [6.07, 6.45) is 0. The molecule has 0 aromatic heterocycles. The fraction of sp³-hybridized carbons (Fsp3) is 0.0435. The summed E-state index contributed by atoms with van der Waals surface area (Å²) < 4.78 is 34.1. The van der Waals surface area contributed by atoms with Crippen LogP contribution in [0, 0.1) is 0 Å². The number of anilines is 1. The minimum Gasteiger partial charge on any atom is -0.506 e. The van der Waals surface area contributed by atoms with Gasteiger partial charge in [0.1, 0.15) is 16.4 Å². The number of hydrogen-bond acceptors (Lipinski definition) is 5. The lowest BCUT2D eigenvalue weighted by Crippen LogP contribution is -2.14. The molecule has 0 unspecified atom stereocenters. The highest BCUT2D eigenvalue weighted by Crippen LogP contribution is 2.43. The van der Waals surface area contributed by atoms with Crippen molar-refractivity contribution in [1.82, 2.24) is 0 Å². The molecule has 0 radical (unpaired) electrons. The maximum Gasteiger partial charge on any atom is 0.265 e. The smallest absolute Gasteiger partial charge is 0.265 e. The monoisotopic (exact) mass is 437 g/mol. The number of para-hydroxylation sites is 1. The number of hydrogen-bond donors (Lipinski definition) is 2. The summed E-state index contributed by atoms with van der Waals surface area (Å²) in [4.78, 5) is 1.53. The average Bonchev–Trinajstić information content (AvgIpc) is 2.77. The second-order valence-corrected chi connectivity index (χ2v) is 9.25. The molecule has 0 aliphatic rings. The Hall–Kier alpha value is -3.16. The lowest BCUT2D eigenvalue weighted by atomic mass is 10.1. The van der Waals surface area contributed by atoms with Gasteiger partial charge in [0.2, 0.25) is 0 Å². The van der Waals surface area contributed by atoms with Crippen molar-refractivity contribution >= 4 is 38.2 Å². The highest BCUT2D eigenvalue weighted by Gasteiger charge is 2.21. The quantitative estimate of drug-likeness (QED) is 0.389. The molecule has 0 bridgehead atoms. The van der Waals surface area contributed by atoms with E-state index in [9.17, 15) is 13.5 Å². The summed E-state index contributed by atoms with van der Waals surface area (Å²) in [7, 11) is -2.49. The molecule has 0 heterocycles. The molecule has 30 heavy (non-hydrogen) atoms. The molecule has 152 valence electrons. The molecule has 0 aliphatic heterocycles. The van der Waals surface area contributed by atoms with Gasteiger partial charge < -0.3 is 9.84 Å². The number of phenols is 1. The Bertz CT molecular complexity index is 1310. The van der Waals surface area contributed by atoms with E-state index in [0.717, 1.165) is 4.90 Å². The number of aromatic hydroxyl groups is 1. The number of fused-ring (bicyclic) bond motifs is 1. The highest BCUT2D eigenvalue weighted by molar-refractivity contribution is 7.99. The molecular weight excluding hydrogens is 418 g/mol. The van der Waals surface area contributed by atoms with Gasteiger partial charge in [-0.2, -0.15) is 0 Å². The second-order valence-electron chi connectivity index (χ2n) is 6.49. The minimum atomic E-state index is -3.92. The Balaban J connectivity index is 1.83. The van der Waals surface area contributed by atoms with Gasteiger partial charge in [-0.05, 0) is 30.3 Å². The van der Waals surface area contributed by atoms with Crippen molar-refractivity contribution in [2.45, 2.75) is 14.7 Å². The van der Waals surface area contributed by atoms with Crippen LogP contribution in [0.15, 0.2) is 99.6 Å². The minimum absolute atomic E-state index is 0.0434. The lowest BCUT2D eigenvalue weighted by Gasteiger charge is -2.16. The van der Waals surface area contributed by atoms with Gasteiger partial charge >= 0.3 is 0 Å². The van der Waals surface area contributed by atoms with Crippen LogP contribution in [0.3, 0.4) is 0 Å². The van der Waals surface area contributed by atoms with Crippen molar-refractivity contribution in [2.75, 3.05) is 11.8 Å². The van der Waals surface area contributed by atoms with E-state index in [1.807, 2.05) is 30.3 Å². The van der Waals surface area contributed by atoms with Crippen LogP contribution in [0.4, 0.5) is 5.69 Å². The fourth-order valence-corrected chi connectivity index (χ4v) is 5.33. The van der Waals surface area contributed by atoms with E-state index in [-0.39, 0.29) is 16.4 Å². The molecular formula is C23H19NO4S2. The fourth-order valence-electron chi connectivity index (χ4n) is 3.15. The Morgan fingerprint density at radius 2 is 1.50 bits per heavy atom. The van der Waals surface area contributed by atoms with Crippen LogP contribution in [0.25, 0.3) is 10.8 Å². The highest BCUT2D eigenvalue weighted by atomic mass is 32.2. The number of rotatable bonds is 6.